The number of rotatable bonds is 4. The fraction of sp³-hybridized carbons (Fsp3) is 0.273. The van der Waals surface area contributed by atoms with Gasteiger partial charge in [-0.1, -0.05) is 5.21 Å². The summed E-state index contributed by atoms with van der Waals surface area (Å²) in [4.78, 5) is 0. The highest BCUT2D eigenvalue weighted by molar-refractivity contribution is 5.48. The van der Waals surface area contributed by atoms with Crippen LogP contribution < -0.4 is 17.0 Å². The van der Waals surface area contributed by atoms with Gasteiger partial charge in [-0.3, -0.25) is 16.0 Å². The highest BCUT2D eigenvalue weighted by Gasteiger charge is 2.16. The number of halogens is 1. The van der Waals surface area contributed by atoms with Crippen LogP contribution in [0.3, 0.4) is 0 Å². The van der Waals surface area contributed by atoms with Gasteiger partial charge in [-0.15, -0.1) is 5.10 Å². The topological polar surface area (TPSA) is 94.8 Å². The van der Waals surface area contributed by atoms with Gasteiger partial charge in [0, 0.05) is 25.4 Å². The molecule has 0 aliphatic carbocycles. The van der Waals surface area contributed by atoms with E-state index in [0.29, 0.717) is 17.7 Å². The first-order valence-electron chi connectivity index (χ1n) is 5.46. The minimum absolute atomic E-state index is 0.308. The van der Waals surface area contributed by atoms with Crippen LogP contribution in [0.1, 0.15) is 17.3 Å². The van der Waals surface area contributed by atoms with E-state index in [0.717, 1.165) is 5.69 Å². The molecule has 96 valence electrons. The molecule has 1 atom stereocenters. The molecule has 1 aromatic heterocycles. The molecule has 0 radical (unpaired) electrons. The largest absolute Gasteiger partial charge is 0.398 e. The maximum Gasteiger partial charge on any atom is 0.123 e. The number of nitrogen functional groups attached to an aromatic ring is 1. The smallest absolute Gasteiger partial charge is 0.123 e. The monoisotopic (exact) mass is 250 g/mol. The van der Waals surface area contributed by atoms with E-state index in [1.165, 1.54) is 18.2 Å². The molecule has 7 heteroatoms. The molecule has 1 unspecified atom stereocenters. The van der Waals surface area contributed by atoms with Crippen molar-refractivity contribution in [3.05, 3.63) is 41.5 Å². The summed E-state index contributed by atoms with van der Waals surface area (Å²) in [6, 6.07) is 3.90. The number of aromatic nitrogens is 3. The van der Waals surface area contributed by atoms with Gasteiger partial charge in [0.1, 0.15) is 5.82 Å². The number of aryl methyl sites for hydroxylation is 1. The van der Waals surface area contributed by atoms with E-state index in [4.69, 9.17) is 11.6 Å². The molecule has 5 N–H and O–H groups in total. The lowest BCUT2D eigenvalue weighted by molar-refractivity contribution is 0.540. The van der Waals surface area contributed by atoms with Gasteiger partial charge in [0.15, 0.2) is 0 Å². The molecule has 0 aliphatic rings. The summed E-state index contributed by atoms with van der Waals surface area (Å²) in [6.45, 7) is 0. The molecular formula is C11H15FN6. The number of anilines is 1. The Morgan fingerprint density at radius 3 is 2.89 bits per heavy atom. The first-order chi connectivity index (χ1) is 8.60. The summed E-state index contributed by atoms with van der Waals surface area (Å²) < 4.78 is 14.8. The van der Waals surface area contributed by atoms with Crippen LogP contribution >= 0.6 is 0 Å². The van der Waals surface area contributed by atoms with E-state index in [2.05, 4.69) is 15.7 Å². The van der Waals surface area contributed by atoms with Crippen molar-refractivity contribution in [3.63, 3.8) is 0 Å². The molecule has 0 spiro atoms. The van der Waals surface area contributed by atoms with Crippen LogP contribution in [-0.4, -0.2) is 15.0 Å². The molecule has 18 heavy (non-hydrogen) atoms. The zero-order valence-electron chi connectivity index (χ0n) is 9.97. The third-order valence-electron chi connectivity index (χ3n) is 2.69. The number of nitrogens with two attached hydrogens (primary N) is 2. The molecule has 1 heterocycles. The van der Waals surface area contributed by atoms with Gasteiger partial charge in [-0.05, 0) is 23.8 Å². The van der Waals surface area contributed by atoms with E-state index >= 15 is 0 Å². The number of nitrogens with one attached hydrogen (secondary N) is 1. The molecule has 0 amide bonds. The van der Waals surface area contributed by atoms with Crippen LogP contribution in [0, 0.1) is 5.82 Å². The first kappa shape index (κ1) is 12.5. The van der Waals surface area contributed by atoms with Crippen molar-refractivity contribution >= 4 is 5.69 Å². The highest BCUT2D eigenvalue weighted by Crippen LogP contribution is 2.23. The van der Waals surface area contributed by atoms with Gasteiger partial charge in [-0.2, -0.15) is 0 Å². The van der Waals surface area contributed by atoms with E-state index in [1.807, 2.05) is 0 Å². The van der Waals surface area contributed by atoms with Crippen molar-refractivity contribution in [2.45, 2.75) is 12.5 Å². The van der Waals surface area contributed by atoms with Gasteiger partial charge >= 0.3 is 0 Å². The van der Waals surface area contributed by atoms with Crippen LogP contribution in [0.2, 0.25) is 0 Å². The molecule has 0 saturated heterocycles. The second-order valence-electron chi connectivity index (χ2n) is 4.08. The standard InChI is InChI=1S/C11H15FN6/c1-18-6-8(16-17-18)5-11(15-14)9-4-7(12)2-3-10(9)13/h2-4,6,11,15H,5,13-14H2,1H3. The van der Waals surface area contributed by atoms with Crippen LogP contribution in [0.25, 0.3) is 0 Å². The lowest BCUT2D eigenvalue weighted by Crippen LogP contribution is -2.30. The van der Waals surface area contributed by atoms with Gasteiger partial charge < -0.3 is 5.73 Å². The summed E-state index contributed by atoms with van der Waals surface area (Å²) in [5.74, 6) is 5.15. The van der Waals surface area contributed by atoms with Gasteiger partial charge in [0.25, 0.3) is 0 Å². The normalized spacial score (nSPS) is 12.6. The third-order valence-corrected chi connectivity index (χ3v) is 2.69. The molecule has 2 aromatic rings. The molecule has 1 aromatic carbocycles. The van der Waals surface area contributed by atoms with Crippen LogP contribution in [0.15, 0.2) is 24.4 Å². The Morgan fingerprint density at radius 2 is 2.28 bits per heavy atom. The number of hydrazine groups is 1. The maximum atomic E-state index is 13.2. The zero-order valence-corrected chi connectivity index (χ0v) is 9.97. The first-order valence-corrected chi connectivity index (χ1v) is 5.46. The number of hydrogen-bond acceptors (Lipinski definition) is 5. The highest BCUT2D eigenvalue weighted by atomic mass is 19.1. The lowest BCUT2D eigenvalue weighted by Gasteiger charge is -2.17. The summed E-state index contributed by atoms with van der Waals surface area (Å²) in [5, 5.41) is 7.79. The Morgan fingerprint density at radius 1 is 1.50 bits per heavy atom. The summed E-state index contributed by atoms with van der Waals surface area (Å²) >= 11 is 0. The Hall–Kier alpha value is -1.99. The summed E-state index contributed by atoms with van der Waals surface area (Å²) in [7, 11) is 1.78. The number of nitrogens with zero attached hydrogens (tertiary/aromatic N) is 3. The van der Waals surface area contributed by atoms with Crippen molar-refractivity contribution in [3.8, 4) is 0 Å². The van der Waals surface area contributed by atoms with E-state index in [9.17, 15) is 4.39 Å². The predicted molar refractivity (Wildman–Crippen MR) is 65.6 cm³/mol. The van der Waals surface area contributed by atoms with E-state index in [-0.39, 0.29) is 11.9 Å². The Kier molecular flexibility index (Phi) is 3.54. The summed E-state index contributed by atoms with van der Waals surface area (Å²) in [5.41, 5.74) is 10.3. The summed E-state index contributed by atoms with van der Waals surface area (Å²) in [6.07, 6.45) is 2.26. The molecular weight excluding hydrogens is 235 g/mol. The van der Waals surface area contributed by atoms with E-state index < -0.39 is 0 Å². The maximum absolute atomic E-state index is 13.2. The molecule has 0 aliphatic heterocycles. The third kappa shape index (κ3) is 2.63. The second kappa shape index (κ2) is 5.11. The molecule has 0 saturated carbocycles. The van der Waals surface area contributed by atoms with Crippen LogP contribution in [-0.2, 0) is 13.5 Å². The van der Waals surface area contributed by atoms with Crippen molar-refractivity contribution in [1.82, 2.24) is 20.4 Å². The minimum atomic E-state index is -0.349. The van der Waals surface area contributed by atoms with E-state index in [1.54, 1.807) is 17.9 Å². The lowest BCUT2D eigenvalue weighted by atomic mass is 10.0. The SMILES string of the molecule is Cn1cc(CC(NN)c2cc(F)ccc2N)nn1. The van der Waals surface area contributed by atoms with Crippen LogP contribution in [0.5, 0.6) is 0 Å². The minimum Gasteiger partial charge on any atom is -0.398 e. The van der Waals surface area contributed by atoms with Crippen LogP contribution in [0.4, 0.5) is 10.1 Å². The quantitative estimate of drug-likeness (QED) is 0.411. The van der Waals surface area contributed by atoms with Crippen molar-refractivity contribution in [2.24, 2.45) is 12.9 Å². The Labute approximate surface area is 104 Å². The molecule has 2 rings (SSSR count). The fourth-order valence-corrected chi connectivity index (χ4v) is 1.80. The Bertz CT molecular complexity index is 538. The fourth-order valence-electron chi connectivity index (χ4n) is 1.80. The average Bonchev–Trinajstić information content (AvgIpc) is 2.75. The predicted octanol–water partition coefficient (Wildman–Crippen LogP) is 0.283. The van der Waals surface area contributed by atoms with Gasteiger partial charge in [-0.25, -0.2) is 4.39 Å². The van der Waals surface area contributed by atoms with Gasteiger partial charge in [0.2, 0.25) is 0 Å². The number of benzene rings is 1. The zero-order chi connectivity index (χ0) is 13.1. The van der Waals surface area contributed by atoms with Gasteiger partial charge in [0.05, 0.1) is 11.7 Å². The molecule has 6 nitrogen and oxygen atoms in total. The Balaban J connectivity index is 2.25. The molecule has 0 bridgehead atoms. The number of hydrogen-bond donors (Lipinski definition) is 3. The second-order valence-corrected chi connectivity index (χ2v) is 4.08. The molecule has 0 fully saturated rings. The van der Waals surface area contributed by atoms with Crippen molar-refractivity contribution in [1.29, 1.82) is 0 Å². The average molecular weight is 250 g/mol. The van der Waals surface area contributed by atoms with Crippen molar-refractivity contribution in [2.75, 3.05) is 5.73 Å². The van der Waals surface area contributed by atoms with Crippen molar-refractivity contribution < 1.29 is 4.39 Å².